The number of amides is 6. The first-order valence-electron chi connectivity index (χ1n) is 42.5. The number of carboxylic acid groups (broad SMARTS) is 1. The molecule has 0 aliphatic carbocycles. The normalized spacial score (nSPS) is 17.1. The molecule has 4 saturated heterocycles. The maximum Gasteiger partial charge on any atom is 0.407 e. The fraction of sp³-hybridized carbons (Fsp3) is 0.340. The molecule has 125 heavy (non-hydrogen) atoms. The van der Waals surface area contributed by atoms with Crippen molar-refractivity contribution in [1.82, 2.24) is 75.8 Å². The number of fused-ring (bicyclic) bond motifs is 2. The van der Waals surface area contributed by atoms with Crippen molar-refractivity contribution in [2.45, 2.75) is 148 Å². The lowest BCUT2D eigenvalue weighted by Gasteiger charge is -2.30. The Labute approximate surface area is 725 Å². The van der Waals surface area contributed by atoms with Gasteiger partial charge in [-0.05, 0) is 185 Å². The third-order valence-electron chi connectivity index (χ3n) is 24.1. The Balaban J connectivity index is 0.000000177. The van der Waals surface area contributed by atoms with E-state index in [0.29, 0.717) is 37.1 Å². The van der Waals surface area contributed by atoms with Crippen LogP contribution in [0.4, 0.5) is 14.4 Å². The van der Waals surface area contributed by atoms with Crippen molar-refractivity contribution in [3.63, 3.8) is 0 Å². The molecule has 0 bridgehead atoms. The largest absolute Gasteiger partial charge is 0.481 e. The summed E-state index contributed by atoms with van der Waals surface area (Å²) in [5.74, 6) is 0.184. The standard InChI is InChI=1S/C48H52N8O6.C37H41N7O3.C12H14O4/c1-28(2)41(53-47(59)61-4)45(57)55-22-8-12-39(55)44-50-27-38(52-44)35-21-20-33-24-32(18-19-34(33)25-35)30-14-16-31(17-15-30)37-26-49-43(51-37)40-13-9-23-56(40)46(58)42(54-48(60)62-5)36-11-7-6-10-29(36)3;1-22(2)33(43-37(46)47-3)36(45)44-17-5-7-32(44)35-40-21-31(42-35)28-15-14-26-18-25(12-13-27(26)19-28)23-8-10-24(11-9-23)30-20-39-34(41-30)29-6-4-16-38-29;1-8-5-3-4-6-9(8)10(12(14)15)7-11(13)16-2/h6-7,10-11,14-21,24-28,39-42H,8-9,12-13,22-23H2,1-5H3,(H,49,51)(H,50,52)(H,53,59)(H,54,60);8-15,18-22,29,32-33,38H,4-7,16-17H2,1-3H3,(H,39,41)(H,40,42)(H,43,46);3-6,10H,7H2,1-2H3,(H,14,15)/t39-,40-,41-,42?;29-,32-,33-;/m00./s1. The van der Waals surface area contributed by atoms with Crippen LogP contribution in [0.15, 0.2) is 195 Å². The first-order valence-corrected chi connectivity index (χ1v) is 42.5. The summed E-state index contributed by atoms with van der Waals surface area (Å²) in [5, 5.41) is 25.2. The molecule has 4 fully saturated rings. The molecule has 2 unspecified atom stereocenters. The highest BCUT2D eigenvalue weighted by molar-refractivity contribution is 5.94. The summed E-state index contributed by atoms with van der Waals surface area (Å²) in [4.78, 5) is 138. The monoisotopic (exact) mass is 1690 g/mol. The molecule has 4 aromatic heterocycles. The van der Waals surface area contributed by atoms with E-state index in [1.54, 1.807) is 17.0 Å². The summed E-state index contributed by atoms with van der Waals surface area (Å²) in [6.45, 7) is 14.2. The van der Waals surface area contributed by atoms with Crippen LogP contribution >= 0.6 is 0 Å². The van der Waals surface area contributed by atoms with E-state index in [2.05, 4.69) is 172 Å². The minimum Gasteiger partial charge on any atom is -0.481 e. The van der Waals surface area contributed by atoms with Crippen LogP contribution < -0.4 is 21.3 Å². The molecule has 0 radical (unpaired) electrons. The second-order valence-corrected chi connectivity index (χ2v) is 32.8. The average Bonchev–Trinajstić information content (AvgIpc) is 1.70. The Kier molecular flexibility index (Phi) is 27.8. The predicted octanol–water partition coefficient (Wildman–Crippen LogP) is 16.9. The van der Waals surface area contributed by atoms with Gasteiger partial charge in [-0.25, -0.2) is 34.3 Å². The number of likely N-dealkylation sites (tertiary alicyclic amines) is 3. The van der Waals surface area contributed by atoms with E-state index < -0.39 is 54.3 Å². The number of hydrogen-bond acceptors (Lipinski definition) is 17. The second kappa shape index (κ2) is 39.6. The molecular formula is C97H107N15O13. The molecule has 8 aromatic carbocycles. The summed E-state index contributed by atoms with van der Waals surface area (Å²) in [6, 6.07) is 54.8. The zero-order valence-electron chi connectivity index (χ0n) is 71.9. The lowest BCUT2D eigenvalue weighted by atomic mass is 9.92. The van der Waals surface area contributed by atoms with Crippen LogP contribution in [-0.2, 0) is 42.9 Å². The van der Waals surface area contributed by atoms with Crippen LogP contribution in [0, 0.1) is 25.7 Å². The average molecular weight is 1690 g/mol. The van der Waals surface area contributed by atoms with Crippen LogP contribution in [-0.4, -0.2) is 174 Å². The van der Waals surface area contributed by atoms with Crippen LogP contribution in [0.25, 0.3) is 88.8 Å². The highest BCUT2D eigenvalue weighted by atomic mass is 16.5. The number of esters is 1. The molecule has 16 rings (SSSR count). The number of H-pyrrole nitrogens is 4. The van der Waals surface area contributed by atoms with E-state index in [1.165, 1.54) is 34.9 Å². The van der Waals surface area contributed by atoms with Gasteiger partial charge in [0.05, 0.1) is 113 Å². The highest BCUT2D eigenvalue weighted by Gasteiger charge is 2.41. The van der Waals surface area contributed by atoms with E-state index >= 15 is 0 Å². The molecule has 0 spiro atoms. The van der Waals surface area contributed by atoms with Gasteiger partial charge in [-0.2, -0.15) is 0 Å². The molecule has 4 aliphatic rings. The zero-order valence-corrected chi connectivity index (χ0v) is 71.9. The van der Waals surface area contributed by atoms with Crippen molar-refractivity contribution >= 4 is 69.5 Å². The number of imidazole rings is 4. The van der Waals surface area contributed by atoms with Crippen molar-refractivity contribution in [1.29, 1.82) is 0 Å². The minimum atomic E-state index is -1.01. The smallest absolute Gasteiger partial charge is 0.407 e. The van der Waals surface area contributed by atoms with Crippen molar-refractivity contribution in [2.24, 2.45) is 11.8 Å². The summed E-state index contributed by atoms with van der Waals surface area (Å²) in [6.07, 6.45) is 12.5. The maximum atomic E-state index is 14.1. The molecule has 648 valence electrons. The number of hydrogen-bond donors (Lipinski definition) is 9. The van der Waals surface area contributed by atoms with Crippen molar-refractivity contribution in [2.75, 3.05) is 54.6 Å². The van der Waals surface area contributed by atoms with Gasteiger partial charge >= 0.3 is 30.2 Å². The van der Waals surface area contributed by atoms with Crippen LogP contribution in [0.2, 0.25) is 0 Å². The third-order valence-corrected chi connectivity index (χ3v) is 24.1. The number of carbonyl (C=O) groups is 8. The topological polar surface area (TPSA) is 366 Å². The molecule has 28 nitrogen and oxygen atoms in total. The van der Waals surface area contributed by atoms with Gasteiger partial charge in [0.25, 0.3) is 5.91 Å². The number of nitrogens with zero attached hydrogens (tertiary/aromatic N) is 7. The minimum absolute atomic E-state index is 0.0815. The summed E-state index contributed by atoms with van der Waals surface area (Å²) in [7, 11) is 5.13. The number of aliphatic carboxylic acids is 1. The number of alkyl carbamates (subject to hydrolysis) is 3. The SMILES string of the molecule is COC(=O)CC(C(=O)O)c1ccccc1C.COC(=O)NC(C(=O)N1CCC[C@H]1c1ncc(-c2ccc(-c3ccc4cc(-c5cnc([C@@H]6CCCN6C(=O)[C@@H](NC(=O)OC)C(C)C)[nH]5)ccc4c3)cc2)[nH]1)c1ccccc1C.COC(=O)N[C@H](C(=O)N1CCC[C@H]1c1ncc(-c2ccc3cc(-c4ccc(-c5cnc([C@@H]6CCCN6)[nH]5)cc4)ccc3c2)[nH]1)C(C)C. The first kappa shape index (κ1) is 87.6. The van der Waals surface area contributed by atoms with Crippen molar-refractivity contribution < 1.29 is 62.4 Å². The van der Waals surface area contributed by atoms with Gasteiger partial charge in [0.1, 0.15) is 41.4 Å². The lowest BCUT2D eigenvalue weighted by Crippen LogP contribution is -2.51. The Bertz CT molecular complexity index is 5870. The lowest BCUT2D eigenvalue weighted by molar-refractivity contribution is -0.147. The number of carboxylic acids is 1. The summed E-state index contributed by atoms with van der Waals surface area (Å²) < 4.78 is 18.9. The molecule has 12 aromatic rings. The first-order chi connectivity index (χ1) is 60.4. The number of methoxy groups -OCH3 is 4. The Hall–Kier alpha value is -13.8. The van der Waals surface area contributed by atoms with Gasteiger partial charge in [0, 0.05) is 30.8 Å². The second-order valence-electron chi connectivity index (χ2n) is 32.8. The van der Waals surface area contributed by atoms with E-state index in [4.69, 9.17) is 34.3 Å². The van der Waals surface area contributed by atoms with Crippen LogP contribution in [0.1, 0.15) is 167 Å². The third kappa shape index (κ3) is 20.1. The maximum absolute atomic E-state index is 14.1. The molecule has 8 heterocycles. The number of aromatic amines is 4. The van der Waals surface area contributed by atoms with Crippen molar-refractivity contribution in [3.8, 4) is 67.3 Å². The van der Waals surface area contributed by atoms with Crippen molar-refractivity contribution in [3.05, 3.63) is 240 Å². The number of nitrogens with one attached hydrogen (secondary N) is 8. The fourth-order valence-electron chi connectivity index (χ4n) is 17.2. The Morgan fingerprint density at radius 3 is 1.14 bits per heavy atom. The molecule has 0 saturated carbocycles. The fourth-order valence-corrected chi connectivity index (χ4v) is 17.2. The number of benzene rings is 8. The number of aryl methyl sites for hydroxylation is 2. The van der Waals surface area contributed by atoms with Crippen LogP contribution in [0.5, 0.6) is 0 Å². The molecule has 28 heteroatoms. The van der Waals surface area contributed by atoms with E-state index in [1.807, 2.05) is 113 Å². The summed E-state index contributed by atoms with van der Waals surface area (Å²) in [5.41, 5.74) is 15.4. The van der Waals surface area contributed by atoms with E-state index in [9.17, 15) is 38.4 Å². The van der Waals surface area contributed by atoms with Gasteiger partial charge in [0.2, 0.25) is 11.8 Å². The number of ether oxygens (including phenoxy) is 4. The van der Waals surface area contributed by atoms with E-state index in [-0.39, 0.29) is 54.1 Å². The van der Waals surface area contributed by atoms with Gasteiger partial charge in [-0.1, -0.05) is 173 Å². The summed E-state index contributed by atoms with van der Waals surface area (Å²) >= 11 is 0. The predicted molar refractivity (Wildman–Crippen MR) is 476 cm³/mol. The van der Waals surface area contributed by atoms with E-state index in [0.717, 1.165) is 174 Å². The number of rotatable bonds is 23. The zero-order chi connectivity index (χ0) is 88.1. The molecule has 4 aliphatic heterocycles. The molecule has 9 N–H and O–H groups in total. The molecule has 6 amide bonds. The molecule has 8 atom stereocenters. The Morgan fingerprint density at radius 2 is 0.760 bits per heavy atom. The van der Waals surface area contributed by atoms with Crippen LogP contribution in [0.3, 0.4) is 0 Å². The number of carbonyl (C=O) groups excluding carboxylic acids is 7. The highest BCUT2D eigenvalue weighted by Crippen LogP contribution is 2.40. The van der Waals surface area contributed by atoms with Gasteiger partial charge in [0.15, 0.2) is 0 Å². The molecular weight excluding hydrogens is 1580 g/mol. The van der Waals surface area contributed by atoms with Gasteiger partial charge < -0.3 is 80.0 Å². The van der Waals surface area contributed by atoms with Gasteiger partial charge in [-0.3, -0.25) is 24.0 Å². The Morgan fingerprint density at radius 1 is 0.408 bits per heavy atom. The quantitative estimate of drug-likeness (QED) is 0.0212. The van der Waals surface area contributed by atoms with Gasteiger partial charge in [-0.15, -0.1) is 0 Å². The number of aromatic nitrogens is 8.